The number of halogens is 4. The van der Waals surface area contributed by atoms with Crippen molar-refractivity contribution in [3.63, 3.8) is 0 Å². The van der Waals surface area contributed by atoms with E-state index in [1.807, 2.05) is 0 Å². The average molecular weight is 502 g/mol. The molecule has 2 aromatic rings. The molecule has 0 fully saturated rings. The maximum absolute atomic E-state index is 12.6. The van der Waals surface area contributed by atoms with Crippen molar-refractivity contribution in [3.05, 3.63) is 34.3 Å². The number of hydrogen-bond donors (Lipinski definition) is 2. The lowest BCUT2D eigenvalue weighted by atomic mass is 10.3. The maximum Gasteiger partial charge on any atom is 0.434 e. The molecule has 1 aromatic heterocycles. The fraction of sp³-hybridized carbons (Fsp3) is 0.333. The molecular weight excluding hydrogens is 484 g/mol. The van der Waals surface area contributed by atoms with Gasteiger partial charge in [-0.3, -0.25) is 4.99 Å². The predicted octanol–water partition coefficient (Wildman–Crippen LogP) is 3.98. The number of nitrogens with one attached hydrogen (secondary N) is 2. The van der Waals surface area contributed by atoms with Crippen molar-refractivity contribution in [3.8, 4) is 11.5 Å². The summed E-state index contributed by atoms with van der Waals surface area (Å²) in [6.07, 6.45) is -4.44. The van der Waals surface area contributed by atoms with Gasteiger partial charge in [0.25, 0.3) is 0 Å². The maximum atomic E-state index is 12.6. The summed E-state index contributed by atoms with van der Waals surface area (Å²) >= 11 is 0.933. The minimum atomic E-state index is -4.44. The zero-order valence-corrected chi connectivity index (χ0v) is 17.3. The van der Waals surface area contributed by atoms with Crippen LogP contribution in [0.25, 0.3) is 0 Å². The normalized spacial score (nSPS) is 11.5. The van der Waals surface area contributed by atoms with Crippen LogP contribution in [0.1, 0.15) is 10.7 Å². The van der Waals surface area contributed by atoms with Crippen molar-refractivity contribution in [1.82, 2.24) is 10.3 Å². The fourth-order valence-electron chi connectivity index (χ4n) is 1.91. The van der Waals surface area contributed by atoms with Crippen LogP contribution in [-0.2, 0) is 12.7 Å². The van der Waals surface area contributed by atoms with Gasteiger partial charge >= 0.3 is 6.18 Å². The van der Waals surface area contributed by atoms with Gasteiger partial charge in [0, 0.05) is 24.2 Å². The summed E-state index contributed by atoms with van der Waals surface area (Å²) in [6.45, 7) is 0.119. The molecule has 0 radical (unpaired) electrons. The highest BCUT2D eigenvalue weighted by Crippen LogP contribution is 2.30. The number of alkyl halides is 3. The summed E-state index contributed by atoms with van der Waals surface area (Å²) in [5.41, 5.74) is -0.210. The van der Waals surface area contributed by atoms with E-state index in [-0.39, 0.29) is 30.5 Å². The number of methoxy groups -OCH3 is 2. The number of guanidine groups is 1. The number of rotatable bonds is 5. The molecule has 1 aromatic carbocycles. The van der Waals surface area contributed by atoms with E-state index in [1.54, 1.807) is 25.2 Å². The van der Waals surface area contributed by atoms with E-state index < -0.39 is 11.9 Å². The SMILES string of the molecule is CN=C(NCc1nc(C(F)(F)F)cs1)Nc1ccc(OC)c(OC)c1.I. The summed E-state index contributed by atoms with van der Waals surface area (Å²) < 4.78 is 48.0. The summed E-state index contributed by atoms with van der Waals surface area (Å²) in [5, 5.41) is 7.23. The van der Waals surface area contributed by atoms with E-state index in [4.69, 9.17) is 9.47 Å². The smallest absolute Gasteiger partial charge is 0.434 e. The largest absolute Gasteiger partial charge is 0.493 e. The first-order valence-electron chi connectivity index (χ1n) is 7.08. The van der Waals surface area contributed by atoms with Crippen LogP contribution < -0.4 is 20.1 Å². The molecule has 0 aliphatic heterocycles. The standard InChI is InChI=1S/C15H17F3N4O2S.HI/c1-19-14(20-7-13-22-12(8-25-13)15(16,17)18)21-9-4-5-10(23-2)11(6-9)24-3;/h4-6,8H,7H2,1-3H3,(H2,19,20,21);1H. The Bertz CT molecular complexity index is 753. The third-order valence-corrected chi connectivity index (χ3v) is 3.97. The Hall–Kier alpha value is -1.76. The summed E-state index contributed by atoms with van der Waals surface area (Å²) in [4.78, 5) is 7.59. The third-order valence-electron chi connectivity index (χ3n) is 3.12. The second-order valence-corrected chi connectivity index (χ2v) is 5.69. The molecule has 11 heteroatoms. The van der Waals surface area contributed by atoms with Crippen molar-refractivity contribution < 1.29 is 22.6 Å². The van der Waals surface area contributed by atoms with E-state index in [9.17, 15) is 13.2 Å². The number of aromatic nitrogens is 1. The molecule has 6 nitrogen and oxygen atoms in total. The van der Waals surface area contributed by atoms with Crippen LogP contribution in [0.2, 0.25) is 0 Å². The third kappa shape index (κ3) is 5.90. The Morgan fingerprint density at radius 3 is 2.46 bits per heavy atom. The van der Waals surface area contributed by atoms with Gasteiger partial charge in [-0.1, -0.05) is 0 Å². The molecule has 0 saturated carbocycles. The van der Waals surface area contributed by atoms with Crippen molar-refractivity contribution in [2.45, 2.75) is 12.7 Å². The van der Waals surface area contributed by atoms with Crippen LogP contribution >= 0.6 is 35.3 Å². The molecule has 0 aliphatic rings. The molecule has 0 spiro atoms. The molecule has 0 amide bonds. The topological polar surface area (TPSA) is 67.8 Å². The molecule has 0 unspecified atom stereocenters. The van der Waals surface area contributed by atoms with Gasteiger partial charge in [0.15, 0.2) is 23.2 Å². The van der Waals surface area contributed by atoms with Gasteiger partial charge in [0.05, 0.1) is 20.8 Å². The lowest BCUT2D eigenvalue weighted by Crippen LogP contribution is -2.30. The molecule has 0 bridgehead atoms. The minimum absolute atomic E-state index is 0. The Morgan fingerprint density at radius 2 is 1.92 bits per heavy atom. The second-order valence-electron chi connectivity index (χ2n) is 4.74. The lowest BCUT2D eigenvalue weighted by molar-refractivity contribution is -0.140. The van der Waals surface area contributed by atoms with Crippen molar-refractivity contribution in [1.29, 1.82) is 0 Å². The van der Waals surface area contributed by atoms with Crippen molar-refractivity contribution in [2.24, 2.45) is 4.99 Å². The lowest BCUT2D eigenvalue weighted by Gasteiger charge is -2.13. The average Bonchev–Trinajstić information content (AvgIpc) is 3.07. The van der Waals surface area contributed by atoms with Crippen LogP contribution in [-0.4, -0.2) is 32.2 Å². The predicted molar refractivity (Wildman–Crippen MR) is 106 cm³/mol. The van der Waals surface area contributed by atoms with Crippen LogP contribution in [0.3, 0.4) is 0 Å². The quantitative estimate of drug-likeness (QED) is 0.368. The van der Waals surface area contributed by atoms with E-state index in [0.29, 0.717) is 28.2 Å². The van der Waals surface area contributed by atoms with Crippen LogP contribution in [0.4, 0.5) is 18.9 Å². The van der Waals surface area contributed by atoms with Crippen LogP contribution in [0, 0.1) is 0 Å². The van der Waals surface area contributed by atoms with Crippen LogP contribution in [0.5, 0.6) is 11.5 Å². The van der Waals surface area contributed by atoms with E-state index in [1.165, 1.54) is 14.2 Å². The second kappa shape index (κ2) is 9.80. The molecular formula is C15H18F3IN4O2S. The Labute approximate surface area is 169 Å². The van der Waals surface area contributed by atoms with Gasteiger partial charge in [0.1, 0.15) is 5.01 Å². The van der Waals surface area contributed by atoms with Gasteiger partial charge in [-0.15, -0.1) is 35.3 Å². The van der Waals surface area contributed by atoms with E-state index >= 15 is 0 Å². The first kappa shape index (κ1) is 22.3. The molecule has 0 aliphatic carbocycles. The highest BCUT2D eigenvalue weighted by molar-refractivity contribution is 14.0. The van der Waals surface area contributed by atoms with Crippen LogP contribution in [0.15, 0.2) is 28.6 Å². The number of benzene rings is 1. The van der Waals surface area contributed by atoms with Gasteiger partial charge in [-0.2, -0.15) is 13.2 Å². The fourth-order valence-corrected chi connectivity index (χ4v) is 2.65. The first-order chi connectivity index (χ1) is 11.9. The number of aliphatic imine (C=N–C) groups is 1. The monoisotopic (exact) mass is 502 g/mol. The summed E-state index contributed by atoms with van der Waals surface area (Å²) in [7, 11) is 4.61. The van der Waals surface area contributed by atoms with Gasteiger partial charge in [0.2, 0.25) is 0 Å². The van der Waals surface area contributed by atoms with Gasteiger partial charge in [-0.05, 0) is 12.1 Å². The molecule has 0 atom stereocenters. The van der Waals surface area contributed by atoms with E-state index in [0.717, 1.165) is 16.7 Å². The Kier molecular flexibility index (Phi) is 8.40. The van der Waals surface area contributed by atoms with Gasteiger partial charge in [-0.25, -0.2) is 4.98 Å². The van der Waals surface area contributed by atoms with Crippen molar-refractivity contribution in [2.75, 3.05) is 26.6 Å². The number of hydrogen-bond acceptors (Lipinski definition) is 5. The Morgan fingerprint density at radius 1 is 1.23 bits per heavy atom. The Balaban J connectivity index is 0.00000338. The van der Waals surface area contributed by atoms with Gasteiger partial charge < -0.3 is 20.1 Å². The number of anilines is 1. The highest BCUT2D eigenvalue weighted by atomic mass is 127. The molecule has 26 heavy (non-hydrogen) atoms. The molecule has 144 valence electrons. The zero-order valence-electron chi connectivity index (χ0n) is 14.2. The molecule has 2 rings (SSSR count). The zero-order chi connectivity index (χ0) is 18.4. The minimum Gasteiger partial charge on any atom is -0.493 e. The number of thiazole rings is 1. The highest BCUT2D eigenvalue weighted by Gasteiger charge is 2.33. The first-order valence-corrected chi connectivity index (χ1v) is 7.96. The van der Waals surface area contributed by atoms with E-state index in [2.05, 4.69) is 20.6 Å². The summed E-state index contributed by atoms with van der Waals surface area (Å²) in [6, 6.07) is 5.21. The number of nitrogens with zero attached hydrogens (tertiary/aromatic N) is 2. The molecule has 1 heterocycles. The van der Waals surface area contributed by atoms with Crippen molar-refractivity contribution >= 4 is 47.0 Å². The summed E-state index contributed by atoms with van der Waals surface area (Å²) in [5.74, 6) is 1.51. The number of ether oxygens (including phenoxy) is 2. The molecule has 0 saturated heterocycles. The molecule has 2 N–H and O–H groups in total.